The van der Waals surface area contributed by atoms with Crippen LogP contribution in [0, 0.1) is 0 Å². The first-order chi connectivity index (χ1) is 14.7. The Morgan fingerprint density at radius 2 is 2.03 bits per heavy atom. The van der Waals surface area contributed by atoms with Crippen LogP contribution in [0.1, 0.15) is 45.4 Å². The van der Waals surface area contributed by atoms with Crippen LogP contribution in [0.5, 0.6) is 0 Å². The summed E-state index contributed by atoms with van der Waals surface area (Å²) < 4.78 is 7.58. The van der Waals surface area contributed by atoms with E-state index < -0.39 is 0 Å². The zero-order chi connectivity index (χ0) is 20.8. The van der Waals surface area contributed by atoms with Crippen molar-refractivity contribution in [1.82, 2.24) is 25.3 Å². The Labute approximate surface area is 181 Å². The lowest BCUT2D eigenvalue weighted by atomic mass is 9.88. The Balaban J connectivity index is 1.41. The fraction of sp³-hybridized carbons (Fsp3) is 0.818. The highest BCUT2D eigenvalue weighted by Gasteiger charge is 2.39. The summed E-state index contributed by atoms with van der Waals surface area (Å²) in [6.07, 6.45) is 11.2. The first-order valence-electron chi connectivity index (χ1n) is 11.8. The summed E-state index contributed by atoms with van der Waals surface area (Å²) in [7, 11) is 1.98. The van der Waals surface area contributed by atoms with Gasteiger partial charge in [0, 0.05) is 57.7 Å². The molecule has 0 spiro atoms. The number of aryl methyl sites for hydroxylation is 1. The van der Waals surface area contributed by atoms with Crippen molar-refractivity contribution in [2.45, 2.75) is 57.0 Å². The molecule has 3 fully saturated rings. The van der Waals surface area contributed by atoms with Crippen molar-refractivity contribution < 1.29 is 4.74 Å². The third-order valence-electron chi connectivity index (χ3n) is 6.89. The van der Waals surface area contributed by atoms with E-state index in [0.717, 1.165) is 58.2 Å². The van der Waals surface area contributed by atoms with Gasteiger partial charge in [0.2, 0.25) is 0 Å². The van der Waals surface area contributed by atoms with Gasteiger partial charge >= 0.3 is 0 Å². The van der Waals surface area contributed by atoms with Crippen molar-refractivity contribution >= 4 is 11.6 Å². The molecular weight excluding hydrogens is 378 g/mol. The zero-order valence-electron chi connectivity index (χ0n) is 18.8. The van der Waals surface area contributed by atoms with Gasteiger partial charge in [0.1, 0.15) is 0 Å². The van der Waals surface area contributed by atoms with E-state index in [9.17, 15) is 0 Å². The molecule has 0 bridgehead atoms. The quantitative estimate of drug-likeness (QED) is 0.541. The second-order valence-corrected chi connectivity index (χ2v) is 9.03. The number of ether oxygens (including phenoxy) is 1. The predicted molar refractivity (Wildman–Crippen MR) is 121 cm³/mol. The number of guanidine groups is 1. The Kier molecular flexibility index (Phi) is 7.15. The molecule has 1 unspecified atom stereocenters. The second-order valence-electron chi connectivity index (χ2n) is 9.03. The van der Waals surface area contributed by atoms with Gasteiger partial charge in [0.05, 0.1) is 18.4 Å². The maximum atomic E-state index is 5.70. The van der Waals surface area contributed by atoms with Crippen molar-refractivity contribution in [3.8, 4) is 0 Å². The van der Waals surface area contributed by atoms with Crippen molar-refractivity contribution in [2.24, 2.45) is 12.0 Å². The number of anilines is 1. The monoisotopic (exact) mass is 417 g/mol. The highest BCUT2D eigenvalue weighted by atomic mass is 16.5. The number of nitrogens with one attached hydrogen (secondary N) is 2. The lowest BCUT2D eigenvalue weighted by Crippen LogP contribution is -2.55. The molecule has 0 radical (unpaired) electrons. The van der Waals surface area contributed by atoms with Gasteiger partial charge in [-0.05, 0) is 58.5 Å². The molecule has 0 aromatic carbocycles. The Bertz CT molecular complexity index is 691. The van der Waals surface area contributed by atoms with Crippen LogP contribution in [0.25, 0.3) is 0 Å². The average molecular weight is 418 g/mol. The van der Waals surface area contributed by atoms with Crippen LogP contribution in [0.3, 0.4) is 0 Å². The highest BCUT2D eigenvalue weighted by molar-refractivity contribution is 5.80. The number of rotatable bonds is 6. The Morgan fingerprint density at radius 1 is 1.23 bits per heavy atom. The molecule has 0 aliphatic carbocycles. The predicted octanol–water partition coefficient (Wildman–Crippen LogP) is 1.59. The van der Waals surface area contributed by atoms with Crippen LogP contribution < -0.4 is 15.5 Å². The first-order valence-corrected chi connectivity index (χ1v) is 11.8. The number of aromatic nitrogens is 2. The van der Waals surface area contributed by atoms with Gasteiger partial charge < -0.3 is 20.3 Å². The van der Waals surface area contributed by atoms with Gasteiger partial charge in [0.15, 0.2) is 5.96 Å². The van der Waals surface area contributed by atoms with E-state index in [1.165, 1.54) is 44.5 Å². The van der Waals surface area contributed by atoms with Crippen molar-refractivity contribution in [1.29, 1.82) is 0 Å². The molecule has 168 valence electrons. The normalized spacial score (nSPS) is 25.5. The molecule has 0 amide bonds. The second kappa shape index (κ2) is 10.0. The molecular formula is C22H39N7O. The van der Waals surface area contributed by atoms with E-state index in [2.05, 4.69) is 38.7 Å². The summed E-state index contributed by atoms with van der Waals surface area (Å²) in [5, 5.41) is 11.6. The van der Waals surface area contributed by atoms with Gasteiger partial charge in [-0.3, -0.25) is 14.6 Å². The minimum atomic E-state index is 0.172. The van der Waals surface area contributed by atoms with E-state index in [0.29, 0.717) is 6.04 Å². The topological polar surface area (TPSA) is 70.0 Å². The Morgan fingerprint density at radius 3 is 2.73 bits per heavy atom. The van der Waals surface area contributed by atoms with Crippen LogP contribution >= 0.6 is 0 Å². The van der Waals surface area contributed by atoms with Crippen LogP contribution in [0.2, 0.25) is 0 Å². The van der Waals surface area contributed by atoms with E-state index in [4.69, 9.17) is 9.73 Å². The molecule has 0 saturated carbocycles. The summed E-state index contributed by atoms with van der Waals surface area (Å²) in [4.78, 5) is 10.2. The fourth-order valence-corrected chi connectivity index (χ4v) is 5.16. The lowest BCUT2D eigenvalue weighted by molar-refractivity contribution is -0.0139. The summed E-state index contributed by atoms with van der Waals surface area (Å²) in [6, 6.07) is 0.397. The summed E-state index contributed by atoms with van der Waals surface area (Å²) in [5.74, 6) is 0.959. The molecule has 1 atom stereocenters. The molecule has 2 N–H and O–H groups in total. The molecule has 1 aromatic rings. The van der Waals surface area contributed by atoms with Gasteiger partial charge in [-0.1, -0.05) is 0 Å². The summed E-state index contributed by atoms with van der Waals surface area (Å²) in [6.45, 7) is 10.1. The highest BCUT2D eigenvalue weighted by Crippen LogP contribution is 2.31. The van der Waals surface area contributed by atoms with Crippen LogP contribution in [-0.4, -0.2) is 84.7 Å². The SMILES string of the molecule is CCNC(=NCC1(N2CCCC2)CCOCC1)NC1CCCN(c2cnn(C)c2)C1. The fourth-order valence-electron chi connectivity index (χ4n) is 5.16. The number of hydrogen-bond donors (Lipinski definition) is 2. The van der Waals surface area contributed by atoms with Crippen LogP contribution in [-0.2, 0) is 11.8 Å². The number of aliphatic imine (C=N–C) groups is 1. The minimum Gasteiger partial charge on any atom is -0.381 e. The maximum absolute atomic E-state index is 5.70. The molecule has 3 saturated heterocycles. The van der Waals surface area contributed by atoms with Crippen molar-refractivity contribution in [3.63, 3.8) is 0 Å². The number of nitrogens with zero attached hydrogens (tertiary/aromatic N) is 5. The third kappa shape index (κ3) is 5.09. The van der Waals surface area contributed by atoms with Gasteiger partial charge in [-0.2, -0.15) is 5.10 Å². The Hall–Kier alpha value is -1.80. The lowest BCUT2D eigenvalue weighted by Gasteiger charge is -2.43. The van der Waals surface area contributed by atoms with Crippen LogP contribution in [0.15, 0.2) is 17.4 Å². The smallest absolute Gasteiger partial charge is 0.191 e. The van der Waals surface area contributed by atoms with E-state index in [1.54, 1.807) is 0 Å². The maximum Gasteiger partial charge on any atom is 0.191 e. The van der Waals surface area contributed by atoms with Crippen LogP contribution in [0.4, 0.5) is 5.69 Å². The standard InChI is InChI=1S/C22H39N7O/c1-3-23-21(24-18-22(8-13-30-14-9-22)29-11-4-5-12-29)26-19-7-6-10-28(16-19)20-15-25-27(2)17-20/h15,17,19H,3-14,16,18H2,1-2H3,(H2,23,24,26). The molecule has 3 aliphatic heterocycles. The van der Waals surface area contributed by atoms with Gasteiger partial charge in [-0.15, -0.1) is 0 Å². The summed E-state index contributed by atoms with van der Waals surface area (Å²) in [5.41, 5.74) is 1.38. The number of hydrogen-bond acceptors (Lipinski definition) is 5. The van der Waals surface area contributed by atoms with E-state index in [1.807, 2.05) is 17.9 Å². The largest absolute Gasteiger partial charge is 0.381 e. The molecule has 4 heterocycles. The van der Waals surface area contributed by atoms with Crippen molar-refractivity contribution in [3.05, 3.63) is 12.4 Å². The number of likely N-dealkylation sites (tertiary alicyclic amines) is 1. The molecule has 3 aliphatic rings. The van der Waals surface area contributed by atoms with E-state index >= 15 is 0 Å². The van der Waals surface area contributed by atoms with E-state index in [-0.39, 0.29) is 5.54 Å². The first kappa shape index (κ1) is 21.4. The average Bonchev–Trinajstić information content (AvgIpc) is 3.46. The molecule has 4 rings (SSSR count). The molecule has 8 heteroatoms. The van der Waals surface area contributed by atoms with Gasteiger partial charge in [-0.25, -0.2) is 0 Å². The summed E-state index contributed by atoms with van der Waals surface area (Å²) >= 11 is 0. The molecule has 8 nitrogen and oxygen atoms in total. The minimum absolute atomic E-state index is 0.172. The van der Waals surface area contributed by atoms with Gasteiger partial charge in [0.25, 0.3) is 0 Å². The zero-order valence-corrected chi connectivity index (χ0v) is 18.8. The van der Waals surface area contributed by atoms with Crippen molar-refractivity contribution in [2.75, 3.05) is 57.4 Å². The third-order valence-corrected chi connectivity index (χ3v) is 6.89. The number of piperidine rings is 1. The molecule has 1 aromatic heterocycles. The molecule has 30 heavy (non-hydrogen) atoms.